The number of hydrogen-bond donors (Lipinski definition) is 1. The lowest BCUT2D eigenvalue weighted by atomic mass is 10.1. The predicted octanol–water partition coefficient (Wildman–Crippen LogP) is 3.04. The molecule has 0 aromatic heterocycles. The van der Waals surface area contributed by atoms with Crippen molar-refractivity contribution < 1.29 is 14.3 Å². The van der Waals surface area contributed by atoms with Crippen LogP contribution in [0.4, 0.5) is 0 Å². The molecule has 0 radical (unpaired) electrons. The molecule has 0 spiro atoms. The van der Waals surface area contributed by atoms with Gasteiger partial charge < -0.3 is 14.8 Å². The van der Waals surface area contributed by atoms with E-state index >= 15 is 0 Å². The number of ether oxygens (including phenoxy) is 2. The zero-order valence-electron chi connectivity index (χ0n) is 11.4. The maximum atomic E-state index is 12.1. The fourth-order valence-corrected chi connectivity index (χ4v) is 2.22. The van der Waals surface area contributed by atoms with Crippen LogP contribution < -0.4 is 14.8 Å². The van der Waals surface area contributed by atoms with Crippen molar-refractivity contribution in [3.05, 3.63) is 23.8 Å². The van der Waals surface area contributed by atoms with Gasteiger partial charge in [0, 0.05) is 6.54 Å². The minimum absolute atomic E-state index is 0.120. The van der Waals surface area contributed by atoms with E-state index in [1.807, 2.05) is 0 Å². The molecule has 1 aromatic rings. The molecule has 0 heterocycles. The number of hydrogen-bond acceptors (Lipinski definition) is 3. The molecule has 0 unspecified atom stereocenters. The maximum Gasteiger partial charge on any atom is 0.255 e. The number of unbranched alkanes of at least 4 members (excludes halogenated alkanes) is 2. The Morgan fingerprint density at radius 3 is 2.63 bits per heavy atom. The Hall–Kier alpha value is -0.980. The molecule has 0 saturated carbocycles. The van der Waals surface area contributed by atoms with Crippen LogP contribution in [0.15, 0.2) is 18.2 Å². The van der Waals surface area contributed by atoms with Crippen molar-refractivity contribution in [3.63, 3.8) is 0 Å². The van der Waals surface area contributed by atoms with Gasteiger partial charge in [-0.25, -0.2) is 0 Å². The normalized spacial score (nSPS) is 10.1. The Bertz CT molecular complexity index is 410. The van der Waals surface area contributed by atoms with Gasteiger partial charge in [-0.3, -0.25) is 4.79 Å². The summed E-state index contributed by atoms with van der Waals surface area (Å²) in [6.07, 6.45) is 3.33. The molecule has 0 aliphatic heterocycles. The average Bonchev–Trinajstić information content (AvgIpc) is 2.46. The van der Waals surface area contributed by atoms with E-state index in [9.17, 15) is 4.79 Å². The monoisotopic (exact) mass is 377 g/mol. The number of nitrogens with one attached hydrogen (secondary N) is 1. The lowest BCUT2D eigenvalue weighted by Crippen LogP contribution is -2.25. The number of carbonyl (C=O) groups is 1. The van der Waals surface area contributed by atoms with Crippen molar-refractivity contribution in [1.29, 1.82) is 0 Å². The van der Waals surface area contributed by atoms with Gasteiger partial charge in [-0.1, -0.05) is 29.0 Å². The summed E-state index contributed by atoms with van der Waals surface area (Å²) in [5.41, 5.74) is 0.510. The summed E-state index contributed by atoms with van der Waals surface area (Å²) in [6, 6.07) is 5.21. The van der Waals surface area contributed by atoms with Gasteiger partial charge in [0.2, 0.25) is 0 Å². The predicted molar refractivity (Wildman–Crippen MR) is 84.6 cm³/mol. The first-order valence-corrected chi connectivity index (χ1v) is 7.81. The third-order valence-electron chi connectivity index (χ3n) is 2.75. The molecule has 0 fully saturated rings. The van der Waals surface area contributed by atoms with Crippen LogP contribution in [0.2, 0.25) is 0 Å². The van der Waals surface area contributed by atoms with Gasteiger partial charge in [0.05, 0.1) is 19.8 Å². The molecule has 0 bridgehead atoms. The zero-order chi connectivity index (χ0) is 14.1. The summed E-state index contributed by atoms with van der Waals surface area (Å²) in [4.78, 5) is 12.1. The molecular weight excluding hydrogens is 357 g/mol. The zero-order valence-corrected chi connectivity index (χ0v) is 13.5. The minimum Gasteiger partial charge on any atom is -0.497 e. The number of alkyl halides is 1. The first-order valence-electron chi connectivity index (χ1n) is 6.29. The van der Waals surface area contributed by atoms with Crippen LogP contribution in [0.1, 0.15) is 29.6 Å². The van der Waals surface area contributed by atoms with E-state index in [4.69, 9.17) is 9.47 Å². The number of rotatable bonds is 8. The molecule has 1 aromatic carbocycles. The number of amides is 1. The van der Waals surface area contributed by atoms with E-state index < -0.39 is 0 Å². The van der Waals surface area contributed by atoms with Crippen molar-refractivity contribution in [2.75, 3.05) is 25.2 Å². The molecule has 106 valence electrons. The van der Waals surface area contributed by atoms with Crippen LogP contribution in [0.5, 0.6) is 11.5 Å². The molecule has 5 heteroatoms. The highest BCUT2D eigenvalue weighted by atomic mass is 127. The van der Waals surface area contributed by atoms with Crippen molar-refractivity contribution in [3.8, 4) is 11.5 Å². The van der Waals surface area contributed by atoms with Gasteiger partial charge in [-0.15, -0.1) is 0 Å². The van der Waals surface area contributed by atoms with Crippen molar-refractivity contribution in [2.24, 2.45) is 0 Å². The summed E-state index contributed by atoms with van der Waals surface area (Å²) >= 11 is 2.36. The lowest BCUT2D eigenvalue weighted by molar-refractivity contribution is 0.0949. The van der Waals surface area contributed by atoms with E-state index in [0.717, 1.165) is 17.3 Å². The van der Waals surface area contributed by atoms with Gasteiger partial charge in [0.1, 0.15) is 11.5 Å². The first-order chi connectivity index (χ1) is 9.22. The third kappa shape index (κ3) is 5.26. The highest BCUT2D eigenvalue weighted by molar-refractivity contribution is 14.1. The fourth-order valence-electron chi connectivity index (χ4n) is 1.68. The Balaban J connectivity index is 2.59. The second kappa shape index (κ2) is 9.01. The van der Waals surface area contributed by atoms with E-state index in [1.54, 1.807) is 32.4 Å². The largest absolute Gasteiger partial charge is 0.497 e. The van der Waals surface area contributed by atoms with Crippen molar-refractivity contribution >= 4 is 28.5 Å². The summed E-state index contributed by atoms with van der Waals surface area (Å²) in [5, 5.41) is 2.91. The minimum atomic E-state index is -0.120. The second-order valence-electron chi connectivity index (χ2n) is 4.07. The van der Waals surface area contributed by atoms with E-state index in [0.29, 0.717) is 23.6 Å². The number of carbonyl (C=O) groups excluding carboxylic acids is 1. The molecular formula is C14H20INO3. The molecule has 0 saturated heterocycles. The van der Waals surface area contributed by atoms with Gasteiger partial charge >= 0.3 is 0 Å². The van der Waals surface area contributed by atoms with Crippen LogP contribution in [0.25, 0.3) is 0 Å². The molecule has 0 aliphatic carbocycles. The molecule has 1 amide bonds. The Morgan fingerprint density at radius 1 is 1.21 bits per heavy atom. The van der Waals surface area contributed by atoms with Crippen LogP contribution in [0, 0.1) is 0 Å². The molecule has 1 rings (SSSR count). The maximum absolute atomic E-state index is 12.1. The highest BCUT2D eigenvalue weighted by Gasteiger charge is 2.12. The quantitative estimate of drug-likeness (QED) is 0.431. The van der Waals surface area contributed by atoms with Crippen molar-refractivity contribution in [1.82, 2.24) is 5.32 Å². The SMILES string of the molecule is COc1ccc(OC)c(C(=O)NCCCCCI)c1. The van der Waals surface area contributed by atoms with Gasteiger partial charge in [-0.05, 0) is 35.5 Å². The third-order valence-corrected chi connectivity index (χ3v) is 3.51. The van der Waals surface area contributed by atoms with Gasteiger partial charge in [0.25, 0.3) is 5.91 Å². The summed E-state index contributed by atoms with van der Waals surface area (Å²) in [7, 11) is 3.13. The molecule has 4 nitrogen and oxygen atoms in total. The number of benzene rings is 1. The summed E-state index contributed by atoms with van der Waals surface area (Å²) in [5.74, 6) is 1.09. The van der Waals surface area contributed by atoms with Crippen LogP contribution >= 0.6 is 22.6 Å². The standard InChI is InChI=1S/C14H20INO3/c1-18-11-6-7-13(19-2)12(10-11)14(17)16-9-5-3-4-8-15/h6-7,10H,3-5,8-9H2,1-2H3,(H,16,17). The Kier molecular flexibility index (Phi) is 7.62. The molecule has 19 heavy (non-hydrogen) atoms. The van der Waals surface area contributed by atoms with E-state index in [1.165, 1.54) is 6.42 Å². The molecule has 0 aliphatic rings. The topological polar surface area (TPSA) is 47.6 Å². The summed E-state index contributed by atoms with van der Waals surface area (Å²) in [6.45, 7) is 0.690. The summed E-state index contributed by atoms with van der Waals surface area (Å²) < 4.78 is 11.5. The van der Waals surface area contributed by atoms with E-state index in [2.05, 4.69) is 27.9 Å². The Morgan fingerprint density at radius 2 is 2.00 bits per heavy atom. The van der Waals surface area contributed by atoms with E-state index in [-0.39, 0.29) is 5.91 Å². The average molecular weight is 377 g/mol. The second-order valence-corrected chi connectivity index (χ2v) is 5.15. The Labute approximate surface area is 128 Å². The van der Waals surface area contributed by atoms with Crippen LogP contribution in [-0.4, -0.2) is 31.1 Å². The molecule has 0 atom stereocenters. The highest BCUT2D eigenvalue weighted by Crippen LogP contribution is 2.23. The van der Waals surface area contributed by atoms with Gasteiger partial charge in [0.15, 0.2) is 0 Å². The lowest BCUT2D eigenvalue weighted by Gasteiger charge is -2.10. The van der Waals surface area contributed by atoms with Crippen molar-refractivity contribution in [2.45, 2.75) is 19.3 Å². The van der Waals surface area contributed by atoms with Gasteiger partial charge in [-0.2, -0.15) is 0 Å². The van der Waals surface area contributed by atoms with Crippen LogP contribution in [-0.2, 0) is 0 Å². The first kappa shape index (κ1) is 16.1. The van der Waals surface area contributed by atoms with Crippen LogP contribution in [0.3, 0.4) is 0 Å². The smallest absolute Gasteiger partial charge is 0.255 e. The fraction of sp³-hybridized carbons (Fsp3) is 0.500. The number of methoxy groups -OCH3 is 2. The molecule has 1 N–H and O–H groups in total. The number of halogens is 1.